The first kappa shape index (κ1) is 17.4. The zero-order valence-corrected chi connectivity index (χ0v) is 15.2. The molecule has 1 fully saturated rings. The van der Waals surface area contributed by atoms with E-state index in [0.29, 0.717) is 19.7 Å². The molecule has 1 N–H and O–H groups in total. The molecule has 0 saturated carbocycles. The van der Waals surface area contributed by atoms with Crippen LogP contribution in [0, 0.1) is 0 Å². The van der Waals surface area contributed by atoms with Crippen molar-refractivity contribution in [1.29, 1.82) is 0 Å². The predicted molar refractivity (Wildman–Crippen MR) is 107 cm³/mol. The van der Waals surface area contributed by atoms with Crippen molar-refractivity contribution < 1.29 is 14.3 Å². The van der Waals surface area contributed by atoms with Crippen LogP contribution in [-0.4, -0.2) is 38.8 Å². The molecule has 1 saturated heterocycles. The van der Waals surface area contributed by atoms with Gasteiger partial charge in [0.1, 0.15) is 18.1 Å². The van der Waals surface area contributed by atoms with E-state index in [-0.39, 0.29) is 11.9 Å². The van der Waals surface area contributed by atoms with Gasteiger partial charge in [0, 0.05) is 12.2 Å². The smallest absolute Gasteiger partial charge is 0.241 e. The minimum Gasteiger partial charge on any atom is -0.497 e. The summed E-state index contributed by atoms with van der Waals surface area (Å²) < 4.78 is 11.3. The molecule has 1 amide bonds. The molecule has 4 rings (SSSR count). The molecule has 0 unspecified atom stereocenters. The number of hydrogen-bond donors (Lipinski definition) is 1. The van der Waals surface area contributed by atoms with Crippen molar-refractivity contribution in [3.63, 3.8) is 0 Å². The molecular weight excluding hydrogens is 340 g/mol. The third kappa shape index (κ3) is 3.73. The van der Waals surface area contributed by atoms with Gasteiger partial charge in [-0.05, 0) is 47.2 Å². The monoisotopic (exact) mass is 362 g/mol. The second-order valence-electron chi connectivity index (χ2n) is 6.57. The third-order valence-electron chi connectivity index (χ3n) is 4.80. The number of benzene rings is 3. The summed E-state index contributed by atoms with van der Waals surface area (Å²) in [5.41, 5.74) is 0.856. The van der Waals surface area contributed by atoms with Crippen LogP contribution in [0.5, 0.6) is 11.5 Å². The Balaban J connectivity index is 1.51. The Kier molecular flexibility index (Phi) is 4.94. The molecule has 0 radical (unpaired) electrons. The molecule has 0 aromatic heterocycles. The number of carbonyl (C=O) groups excluding carboxylic acids is 1. The van der Waals surface area contributed by atoms with Crippen molar-refractivity contribution in [2.45, 2.75) is 6.04 Å². The van der Waals surface area contributed by atoms with E-state index in [9.17, 15) is 4.79 Å². The maximum Gasteiger partial charge on any atom is 0.241 e. The van der Waals surface area contributed by atoms with Crippen LogP contribution < -0.4 is 19.7 Å². The number of nitrogens with zero attached hydrogens (tertiary/aromatic N) is 1. The van der Waals surface area contributed by atoms with Crippen LogP contribution >= 0.6 is 0 Å². The number of nitrogens with one attached hydrogen (secondary N) is 1. The number of methoxy groups -OCH3 is 1. The molecule has 3 aromatic carbocycles. The van der Waals surface area contributed by atoms with Gasteiger partial charge in [0.2, 0.25) is 5.91 Å². The largest absolute Gasteiger partial charge is 0.497 e. The summed E-state index contributed by atoms with van der Waals surface area (Å²) in [6, 6.07) is 21.7. The second kappa shape index (κ2) is 7.68. The second-order valence-corrected chi connectivity index (χ2v) is 6.57. The number of anilines is 1. The molecular formula is C22H22N2O3. The summed E-state index contributed by atoms with van der Waals surface area (Å²) in [6.45, 7) is 1.44. The topological polar surface area (TPSA) is 50.8 Å². The summed E-state index contributed by atoms with van der Waals surface area (Å²) in [6.07, 6.45) is 0. The Morgan fingerprint density at radius 1 is 1.00 bits per heavy atom. The number of fused-ring (bicyclic) bond motifs is 1. The molecule has 5 heteroatoms. The quantitative estimate of drug-likeness (QED) is 0.757. The average molecular weight is 362 g/mol. The maximum atomic E-state index is 12.5. The van der Waals surface area contributed by atoms with E-state index >= 15 is 0 Å². The summed E-state index contributed by atoms with van der Waals surface area (Å²) in [4.78, 5) is 14.3. The Bertz CT molecular complexity index is 940. The van der Waals surface area contributed by atoms with Gasteiger partial charge in [-0.3, -0.25) is 4.79 Å². The predicted octanol–water partition coefficient (Wildman–Crippen LogP) is 3.23. The summed E-state index contributed by atoms with van der Waals surface area (Å²) >= 11 is 0. The van der Waals surface area contributed by atoms with E-state index in [0.717, 1.165) is 22.6 Å². The Hall–Kier alpha value is -3.05. The van der Waals surface area contributed by atoms with E-state index in [1.54, 1.807) is 7.11 Å². The highest BCUT2D eigenvalue weighted by Crippen LogP contribution is 2.24. The summed E-state index contributed by atoms with van der Waals surface area (Å²) in [7, 11) is 1.63. The van der Waals surface area contributed by atoms with Crippen LogP contribution in [0.15, 0.2) is 66.7 Å². The number of carbonyl (C=O) groups is 1. The highest BCUT2D eigenvalue weighted by Gasteiger charge is 2.29. The molecule has 5 nitrogen and oxygen atoms in total. The van der Waals surface area contributed by atoms with Gasteiger partial charge in [0.05, 0.1) is 19.7 Å². The molecule has 3 aromatic rings. The Morgan fingerprint density at radius 2 is 1.74 bits per heavy atom. The average Bonchev–Trinajstić information content (AvgIpc) is 2.72. The summed E-state index contributed by atoms with van der Waals surface area (Å²) in [5.74, 6) is 1.62. The van der Waals surface area contributed by atoms with Crippen molar-refractivity contribution in [2.75, 3.05) is 31.7 Å². The van der Waals surface area contributed by atoms with Crippen molar-refractivity contribution in [1.82, 2.24) is 5.32 Å². The van der Waals surface area contributed by atoms with Crippen molar-refractivity contribution in [3.05, 3.63) is 66.7 Å². The van der Waals surface area contributed by atoms with E-state index in [1.165, 1.54) is 5.39 Å². The first-order valence-electron chi connectivity index (χ1n) is 9.03. The fraction of sp³-hybridized carbons (Fsp3) is 0.227. The first-order valence-corrected chi connectivity index (χ1v) is 9.03. The summed E-state index contributed by atoms with van der Waals surface area (Å²) in [5, 5.41) is 5.50. The number of ether oxygens (including phenoxy) is 2. The zero-order chi connectivity index (χ0) is 18.6. The van der Waals surface area contributed by atoms with Crippen LogP contribution in [0.4, 0.5) is 5.69 Å². The van der Waals surface area contributed by atoms with Gasteiger partial charge in [-0.25, -0.2) is 0 Å². The lowest BCUT2D eigenvalue weighted by atomic mass is 10.1. The molecule has 27 heavy (non-hydrogen) atoms. The van der Waals surface area contributed by atoms with Gasteiger partial charge in [0.15, 0.2) is 0 Å². The standard InChI is InChI=1S/C22H22N2O3/c1-26-20-10-7-18(8-11-20)24-19(13-23-14-22(24)25)15-27-21-9-6-16-4-2-3-5-17(16)12-21/h2-12,19,23H,13-15H2,1H3/t19-/m1/s1. The van der Waals surface area contributed by atoms with Gasteiger partial charge in [-0.2, -0.15) is 0 Å². The van der Waals surface area contributed by atoms with Crippen LogP contribution in [0.25, 0.3) is 10.8 Å². The molecule has 138 valence electrons. The van der Waals surface area contributed by atoms with Crippen molar-refractivity contribution >= 4 is 22.4 Å². The van der Waals surface area contributed by atoms with Gasteiger partial charge in [-0.1, -0.05) is 30.3 Å². The number of amides is 1. The number of piperazine rings is 1. The van der Waals surface area contributed by atoms with E-state index < -0.39 is 0 Å². The van der Waals surface area contributed by atoms with Crippen LogP contribution in [0.3, 0.4) is 0 Å². The van der Waals surface area contributed by atoms with Gasteiger partial charge >= 0.3 is 0 Å². The van der Waals surface area contributed by atoms with Gasteiger partial charge < -0.3 is 19.7 Å². The molecule has 1 aliphatic rings. The van der Waals surface area contributed by atoms with E-state index in [4.69, 9.17) is 9.47 Å². The fourth-order valence-corrected chi connectivity index (χ4v) is 3.41. The van der Waals surface area contributed by atoms with Gasteiger partial charge in [-0.15, -0.1) is 0 Å². The highest BCUT2D eigenvalue weighted by atomic mass is 16.5. The maximum absolute atomic E-state index is 12.5. The normalized spacial score (nSPS) is 17.1. The van der Waals surface area contributed by atoms with E-state index in [2.05, 4.69) is 23.5 Å². The molecule has 0 spiro atoms. The highest BCUT2D eigenvalue weighted by molar-refractivity contribution is 5.96. The van der Waals surface area contributed by atoms with Crippen molar-refractivity contribution in [3.8, 4) is 11.5 Å². The van der Waals surface area contributed by atoms with Crippen LogP contribution in [-0.2, 0) is 4.79 Å². The Morgan fingerprint density at radius 3 is 2.52 bits per heavy atom. The minimum atomic E-state index is -0.0777. The van der Waals surface area contributed by atoms with Crippen molar-refractivity contribution in [2.24, 2.45) is 0 Å². The lowest BCUT2D eigenvalue weighted by Crippen LogP contribution is -2.57. The van der Waals surface area contributed by atoms with Crippen LogP contribution in [0.1, 0.15) is 0 Å². The molecule has 0 bridgehead atoms. The van der Waals surface area contributed by atoms with Crippen LogP contribution in [0.2, 0.25) is 0 Å². The van der Waals surface area contributed by atoms with E-state index in [1.807, 2.05) is 53.4 Å². The molecule has 1 atom stereocenters. The fourth-order valence-electron chi connectivity index (χ4n) is 3.41. The zero-order valence-electron chi connectivity index (χ0n) is 15.2. The Labute approximate surface area is 158 Å². The molecule has 0 aliphatic carbocycles. The SMILES string of the molecule is COc1ccc(N2C(=O)CNC[C@@H]2COc2ccc3ccccc3c2)cc1. The third-order valence-corrected chi connectivity index (χ3v) is 4.80. The molecule has 1 heterocycles. The van der Waals surface area contributed by atoms with Gasteiger partial charge in [0.25, 0.3) is 0 Å². The minimum absolute atomic E-state index is 0.0403. The lowest BCUT2D eigenvalue weighted by molar-refractivity contribution is -0.119. The molecule has 1 aliphatic heterocycles. The number of rotatable bonds is 5. The first-order chi connectivity index (χ1) is 13.2. The number of hydrogen-bond acceptors (Lipinski definition) is 4. The lowest BCUT2D eigenvalue weighted by Gasteiger charge is -2.36.